The van der Waals surface area contributed by atoms with Gasteiger partial charge in [0.05, 0.1) is 13.2 Å². The lowest BCUT2D eigenvalue weighted by Gasteiger charge is -2.17. The van der Waals surface area contributed by atoms with Crippen LogP contribution in [0, 0.1) is 6.92 Å². The number of hydrogen-bond donors (Lipinski definition) is 1. The summed E-state index contributed by atoms with van der Waals surface area (Å²) in [5, 5.41) is 8.75. The molecule has 1 rings (SSSR count). The molecule has 0 atom stereocenters. The molecule has 0 fully saturated rings. The Morgan fingerprint density at radius 1 is 1.37 bits per heavy atom. The first-order valence-electron chi connectivity index (χ1n) is 5.84. The van der Waals surface area contributed by atoms with Crippen molar-refractivity contribution in [1.29, 1.82) is 0 Å². The monoisotopic (exact) mass is 288 g/mol. The molecule has 0 aliphatic carbocycles. The SMILES string of the molecule is CCOP(=O)(OCC)/C(=C/c1ccc(C)o1)C(=O)O. The number of aryl methyl sites for hydroxylation is 1. The van der Waals surface area contributed by atoms with Crippen LogP contribution in [0.4, 0.5) is 0 Å². The van der Waals surface area contributed by atoms with Gasteiger partial charge >= 0.3 is 13.6 Å². The van der Waals surface area contributed by atoms with Crippen molar-refractivity contribution >= 4 is 19.6 Å². The summed E-state index contributed by atoms with van der Waals surface area (Å²) in [6.45, 7) is 5.12. The molecule has 0 aromatic carbocycles. The van der Waals surface area contributed by atoms with Gasteiger partial charge in [-0.25, -0.2) is 4.79 Å². The van der Waals surface area contributed by atoms with Gasteiger partial charge in [-0.2, -0.15) is 0 Å². The molecule has 1 aromatic heterocycles. The van der Waals surface area contributed by atoms with E-state index in [4.69, 9.17) is 13.5 Å². The van der Waals surface area contributed by atoms with Gasteiger partial charge in [0.25, 0.3) is 0 Å². The number of furan rings is 1. The van der Waals surface area contributed by atoms with Crippen LogP contribution in [0.1, 0.15) is 25.4 Å². The summed E-state index contributed by atoms with van der Waals surface area (Å²) in [6.07, 6.45) is 1.17. The van der Waals surface area contributed by atoms with Gasteiger partial charge in [0.1, 0.15) is 11.5 Å². The summed E-state index contributed by atoms with van der Waals surface area (Å²) in [4.78, 5) is 11.3. The second-order valence-electron chi connectivity index (χ2n) is 3.62. The smallest absolute Gasteiger partial charge is 0.368 e. The van der Waals surface area contributed by atoms with Gasteiger partial charge in [0.2, 0.25) is 0 Å². The van der Waals surface area contributed by atoms with Gasteiger partial charge in [-0.3, -0.25) is 4.57 Å². The van der Waals surface area contributed by atoms with Crippen LogP contribution in [0.15, 0.2) is 21.9 Å². The molecule has 19 heavy (non-hydrogen) atoms. The third-order valence-corrected chi connectivity index (χ3v) is 4.26. The maximum atomic E-state index is 12.4. The normalized spacial score (nSPS) is 12.7. The zero-order valence-electron chi connectivity index (χ0n) is 11.1. The van der Waals surface area contributed by atoms with E-state index in [0.717, 1.165) is 0 Å². The third-order valence-electron chi connectivity index (χ3n) is 2.15. The maximum absolute atomic E-state index is 12.4. The molecular formula is C12H17O6P. The van der Waals surface area contributed by atoms with Gasteiger partial charge in [-0.1, -0.05) is 0 Å². The van der Waals surface area contributed by atoms with E-state index in [-0.39, 0.29) is 19.0 Å². The molecule has 0 bridgehead atoms. The van der Waals surface area contributed by atoms with Crippen molar-refractivity contribution in [2.45, 2.75) is 20.8 Å². The van der Waals surface area contributed by atoms with E-state index in [1.165, 1.54) is 6.08 Å². The minimum Gasteiger partial charge on any atom is -0.477 e. The molecule has 0 radical (unpaired) electrons. The Hall–Kier alpha value is -1.36. The van der Waals surface area contributed by atoms with Crippen LogP contribution in [0.25, 0.3) is 6.08 Å². The summed E-state index contributed by atoms with van der Waals surface area (Å²) in [5.74, 6) is -0.451. The van der Waals surface area contributed by atoms with Crippen LogP contribution in [-0.4, -0.2) is 24.3 Å². The Kier molecular flexibility index (Phi) is 5.54. The average molecular weight is 288 g/mol. The Bertz CT molecular complexity index is 506. The van der Waals surface area contributed by atoms with Crippen LogP contribution in [0.5, 0.6) is 0 Å². The first-order valence-corrected chi connectivity index (χ1v) is 7.38. The van der Waals surface area contributed by atoms with E-state index in [9.17, 15) is 14.5 Å². The second kappa shape index (κ2) is 6.70. The largest absolute Gasteiger partial charge is 0.477 e. The first kappa shape index (κ1) is 15.7. The van der Waals surface area contributed by atoms with Crippen LogP contribution in [-0.2, 0) is 18.4 Å². The summed E-state index contributed by atoms with van der Waals surface area (Å²) in [6, 6.07) is 3.26. The molecule has 0 saturated heterocycles. The van der Waals surface area contributed by atoms with E-state index in [2.05, 4.69) is 0 Å². The van der Waals surface area contributed by atoms with Crippen molar-refractivity contribution in [2.24, 2.45) is 0 Å². The molecule has 0 aliphatic heterocycles. The number of carbonyl (C=O) groups is 1. The molecule has 1 heterocycles. The standard InChI is InChI=1S/C12H17O6P/c1-4-16-19(15,17-5-2)11(12(13)14)8-10-7-6-9(3)18-10/h6-8H,4-5H2,1-3H3,(H,13,14)/b11-8+. The van der Waals surface area contributed by atoms with Gasteiger partial charge in [-0.15, -0.1) is 0 Å². The molecule has 0 amide bonds. The van der Waals surface area contributed by atoms with Crippen molar-refractivity contribution < 1.29 is 27.9 Å². The number of carboxylic acids is 1. The molecule has 7 heteroatoms. The highest BCUT2D eigenvalue weighted by molar-refractivity contribution is 7.60. The lowest BCUT2D eigenvalue weighted by Crippen LogP contribution is -2.07. The lowest BCUT2D eigenvalue weighted by molar-refractivity contribution is -0.132. The number of hydrogen-bond acceptors (Lipinski definition) is 5. The molecule has 0 unspecified atom stereocenters. The van der Waals surface area contributed by atoms with Gasteiger partial charge in [0.15, 0.2) is 5.31 Å². The highest BCUT2D eigenvalue weighted by Crippen LogP contribution is 2.56. The van der Waals surface area contributed by atoms with Crippen LogP contribution in [0.3, 0.4) is 0 Å². The van der Waals surface area contributed by atoms with Crippen molar-refractivity contribution in [3.63, 3.8) is 0 Å². The van der Waals surface area contributed by atoms with Crippen LogP contribution >= 0.6 is 7.60 Å². The van der Waals surface area contributed by atoms with E-state index < -0.39 is 18.9 Å². The fourth-order valence-corrected chi connectivity index (χ4v) is 2.99. The van der Waals surface area contributed by atoms with Crippen molar-refractivity contribution in [3.05, 3.63) is 29.0 Å². The topological polar surface area (TPSA) is 86.0 Å². The molecule has 106 valence electrons. The minimum absolute atomic E-state index is 0.0824. The average Bonchev–Trinajstić information content (AvgIpc) is 2.72. The van der Waals surface area contributed by atoms with Crippen LogP contribution < -0.4 is 0 Å². The van der Waals surface area contributed by atoms with E-state index in [1.807, 2.05) is 0 Å². The lowest BCUT2D eigenvalue weighted by atomic mass is 10.4. The zero-order valence-corrected chi connectivity index (χ0v) is 12.0. The summed E-state index contributed by atoms with van der Waals surface area (Å²) >= 11 is 0. The summed E-state index contributed by atoms with van der Waals surface area (Å²) in [7, 11) is -3.84. The highest BCUT2D eigenvalue weighted by Gasteiger charge is 2.35. The van der Waals surface area contributed by atoms with E-state index in [0.29, 0.717) is 5.76 Å². The van der Waals surface area contributed by atoms with Gasteiger partial charge < -0.3 is 18.6 Å². The molecule has 1 aromatic rings. The fourth-order valence-electron chi connectivity index (χ4n) is 1.44. The number of aliphatic carboxylic acids is 1. The molecule has 1 N–H and O–H groups in total. The van der Waals surface area contributed by atoms with Crippen molar-refractivity contribution in [3.8, 4) is 0 Å². The van der Waals surface area contributed by atoms with Crippen molar-refractivity contribution in [2.75, 3.05) is 13.2 Å². The summed E-state index contributed by atoms with van der Waals surface area (Å²) < 4.78 is 27.7. The second-order valence-corrected chi connectivity index (χ2v) is 5.61. The van der Waals surface area contributed by atoms with Crippen LogP contribution in [0.2, 0.25) is 0 Å². The molecule has 6 nitrogen and oxygen atoms in total. The number of rotatable bonds is 7. The van der Waals surface area contributed by atoms with Crippen molar-refractivity contribution in [1.82, 2.24) is 0 Å². The Balaban J connectivity index is 3.21. The molecule has 0 aliphatic rings. The van der Waals surface area contributed by atoms with Gasteiger partial charge in [0, 0.05) is 6.08 Å². The summed E-state index contributed by atoms with van der Waals surface area (Å²) in [5.41, 5.74) is 0. The minimum atomic E-state index is -3.84. The fraction of sp³-hybridized carbons (Fsp3) is 0.417. The maximum Gasteiger partial charge on any atom is 0.368 e. The first-order chi connectivity index (χ1) is 8.92. The van der Waals surface area contributed by atoms with E-state index >= 15 is 0 Å². The zero-order chi connectivity index (χ0) is 14.5. The molecular weight excluding hydrogens is 271 g/mol. The Labute approximate surface area is 111 Å². The Morgan fingerprint density at radius 3 is 2.32 bits per heavy atom. The quantitative estimate of drug-likeness (QED) is 0.612. The number of carboxylic acid groups (broad SMARTS) is 1. The predicted molar refractivity (Wildman–Crippen MR) is 69.9 cm³/mol. The van der Waals surface area contributed by atoms with E-state index in [1.54, 1.807) is 32.9 Å². The highest BCUT2D eigenvalue weighted by atomic mass is 31.2. The third kappa shape index (κ3) is 4.06. The predicted octanol–water partition coefficient (Wildman–Crippen LogP) is 3.28. The molecule has 0 saturated carbocycles. The Morgan fingerprint density at radius 2 is 1.95 bits per heavy atom. The van der Waals surface area contributed by atoms with Gasteiger partial charge in [-0.05, 0) is 32.9 Å². The molecule has 0 spiro atoms.